The maximum Gasteiger partial charge on any atom is 0.229 e. The molecule has 1 amide bonds. The SMILES string of the molecule is COc1cc2c(cc1OC)[C@]13CCN4CC5=CCO[C@H]6CC(=O)N2[C@@H]1[C@H]6[C@H]5C[C@@H]43. The van der Waals surface area contributed by atoms with Crippen LogP contribution in [0.5, 0.6) is 11.5 Å². The Labute approximate surface area is 170 Å². The van der Waals surface area contributed by atoms with Gasteiger partial charge in [-0.25, -0.2) is 0 Å². The van der Waals surface area contributed by atoms with Gasteiger partial charge < -0.3 is 19.1 Å². The number of hydrogen-bond acceptors (Lipinski definition) is 5. The van der Waals surface area contributed by atoms with Gasteiger partial charge in [-0.1, -0.05) is 11.6 Å². The zero-order valence-corrected chi connectivity index (χ0v) is 16.9. The summed E-state index contributed by atoms with van der Waals surface area (Å²) >= 11 is 0. The Morgan fingerprint density at radius 1 is 1.21 bits per heavy atom. The fourth-order valence-corrected chi connectivity index (χ4v) is 7.87. The number of piperidine rings is 2. The molecule has 29 heavy (non-hydrogen) atoms. The minimum atomic E-state index is -0.0242. The lowest BCUT2D eigenvalue weighted by Crippen LogP contribution is -2.69. The molecule has 6 aliphatic rings. The number of rotatable bonds is 2. The molecule has 6 nitrogen and oxygen atoms in total. The molecule has 152 valence electrons. The predicted octanol–water partition coefficient (Wildman–Crippen LogP) is 2.11. The van der Waals surface area contributed by atoms with Crippen LogP contribution in [0.3, 0.4) is 0 Å². The third-order valence-electron chi connectivity index (χ3n) is 8.81. The minimum absolute atomic E-state index is 0.0242. The minimum Gasteiger partial charge on any atom is -0.493 e. The van der Waals surface area contributed by atoms with Gasteiger partial charge in [0.1, 0.15) is 0 Å². The van der Waals surface area contributed by atoms with Crippen LogP contribution in [0.15, 0.2) is 23.8 Å². The van der Waals surface area contributed by atoms with Crippen molar-refractivity contribution in [1.29, 1.82) is 0 Å². The molecule has 1 aromatic rings. The van der Waals surface area contributed by atoms with Gasteiger partial charge in [0.05, 0.1) is 45.1 Å². The summed E-state index contributed by atoms with van der Waals surface area (Å²) in [5, 5.41) is 0. The first-order chi connectivity index (χ1) is 14.2. The van der Waals surface area contributed by atoms with E-state index in [0.29, 0.717) is 36.7 Å². The van der Waals surface area contributed by atoms with Gasteiger partial charge in [-0.3, -0.25) is 9.69 Å². The van der Waals surface area contributed by atoms with Crippen LogP contribution in [0.25, 0.3) is 0 Å². The molecule has 2 bridgehead atoms. The fraction of sp³-hybridized carbons (Fsp3) is 0.609. The largest absolute Gasteiger partial charge is 0.493 e. The molecule has 7 rings (SSSR count). The van der Waals surface area contributed by atoms with E-state index in [1.54, 1.807) is 19.8 Å². The molecule has 6 heteroatoms. The molecule has 5 aliphatic heterocycles. The smallest absolute Gasteiger partial charge is 0.229 e. The van der Waals surface area contributed by atoms with Crippen LogP contribution in [0, 0.1) is 11.8 Å². The average Bonchev–Trinajstić information content (AvgIpc) is 3.20. The maximum atomic E-state index is 13.5. The van der Waals surface area contributed by atoms with Gasteiger partial charge in [-0.15, -0.1) is 0 Å². The highest BCUT2D eigenvalue weighted by Crippen LogP contribution is 2.66. The summed E-state index contributed by atoms with van der Waals surface area (Å²) in [6.45, 7) is 2.80. The summed E-state index contributed by atoms with van der Waals surface area (Å²) in [6.07, 6.45) is 5.11. The molecule has 1 saturated carbocycles. The molecule has 0 radical (unpaired) electrons. The molecule has 1 aliphatic carbocycles. The molecule has 4 fully saturated rings. The topological polar surface area (TPSA) is 51.2 Å². The number of carbonyl (C=O) groups excluding carboxylic acids is 1. The van der Waals surface area contributed by atoms with Gasteiger partial charge in [0.15, 0.2) is 11.5 Å². The Morgan fingerprint density at radius 2 is 2.03 bits per heavy atom. The summed E-state index contributed by atoms with van der Waals surface area (Å²) < 4.78 is 17.6. The first-order valence-corrected chi connectivity index (χ1v) is 10.8. The van der Waals surface area contributed by atoms with E-state index in [0.717, 1.165) is 30.9 Å². The number of benzene rings is 1. The number of fused-ring (bicyclic) bond motifs is 2. The van der Waals surface area contributed by atoms with Gasteiger partial charge in [0, 0.05) is 30.0 Å². The summed E-state index contributed by atoms with van der Waals surface area (Å²) in [4.78, 5) is 18.3. The average molecular weight is 394 g/mol. The van der Waals surface area contributed by atoms with E-state index in [1.165, 1.54) is 12.0 Å². The van der Waals surface area contributed by atoms with Gasteiger partial charge in [-0.05, 0) is 36.9 Å². The summed E-state index contributed by atoms with van der Waals surface area (Å²) in [5.41, 5.74) is 3.85. The van der Waals surface area contributed by atoms with Crippen molar-refractivity contribution in [3.63, 3.8) is 0 Å². The number of nitrogens with zero attached hydrogens (tertiary/aromatic N) is 2. The second-order valence-electron chi connectivity index (χ2n) is 9.48. The molecule has 6 atom stereocenters. The summed E-state index contributed by atoms with van der Waals surface area (Å²) in [6, 6.07) is 4.87. The number of methoxy groups -OCH3 is 2. The third-order valence-corrected chi connectivity index (χ3v) is 8.81. The first kappa shape index (κ1) is 16.7. The molecule has 1 aromatic carbocycles. The predicted molar refractivity (Wildman–Crippen MR) is 107 cm³/mol. The number of carbonyl (C=O) groups is 1. The van der Waals surface area contributed by atoms with Crippen LogP contribution in [-0.4, -0.2) is 62.9 Å². The van der Waals surface area contributed by atoms with Crippen LogP contribution in [0.1, 0.15) is 24.8 Å². The van der Waals surface area contributed by atoms with E-state index in [9.17, 15) is 4.79 Å². The molecule has 3 saturated heterocycles. The van der Waals surface area contributed by atoms with Crippen molar-refractivity contribution in [3.05, 3.63) is 29.3 Å². The van der Waals surface area contributed by atoms with Crippen LogP contribution in [0.2, 0.25) is 0 Å². The molecular formula is C23H26N2O4. The highest BCUT2D eigenvalue weighted by atomic mass is 16.5. The van der Waals surface area contributed by atoms with E-state index in [-0.39, 0.29) is 23.5 Å². The fourth-order valence-electron chi connectivity index (χ4n) is 7.87. The van der Waals surface area contributed by atoms with E-state index in [1.807, 2.05) is 6.07 Å². The summed E-state index contributed by atoms with van der Waals surface area (Å²) in [5.74, 6) is 2.57. The van der Waals surface area contributed by atoms with Crippen molar-refractivity contribution in [1.82, 2.24) is 4.90 Å². The second-order valence-corrected chi connectivity index (χ2v) is 9.48. The van der Waals surface area contributed by atoms with Gasteiger partial charge in [-0.2, -0.15) is 0 Å². The van der Waals surface area contributed by atoms with Crippen LogP contribution in [0.4, 0.5) is 5.69 Å². The monoisotopic (exact) mass is 394 g/mol. The zero-order chi connectivity index (χ0) is 19.5. The Hall–Kier alpha value is -2.05. The Morgan fingerprint density at radius 3 is 2.86 bits per heavy atom. The van der Waals surface area contributed by atoms with E-state index in [4.69, 9.17) is 14.2 Å². The van der Waals surface area contributed by atoms with E-state index in [2.05, 4.69) is 21.9 Å². The maximum absolute atomic E-state index is 13.5. The first-order valence-electron chi connectivity index (χ1n) is 10.8. The van der Waals surface area contributed by atoms with Gasteiger partial charge in [0.25, 0.3) is 0 Å². The standard InChI is InChI=1S/C23H26N2O4/c1-27-16-8-14-15(9-17(16)28-2)25-20(26)10-18-21-13-7-19-23(14,22(21)25)4-5-24(19)11-12(13)3-6-29-18/h3,8-9,13,18-19,21-22H,4-7,10-11H2,1-2H3/t13-,18-,19+,21-,22+,23-/m0/s1. The highest BCUT2D eigenvalue weighted by molar-refractivity contribution is 5.99. The quantitative estimate of drug-likeness (QED) is 0.719. The molecule has 0 aromatic heterocycles. The van der Waals surface area contributed by atoms with Crippen molar-refractivity contribution >= 4 is 11.6 Å². The van der Waals surface area contributed by atoms with Crippen LogP contribution < -0.4 is 14.4 Å². The lowest BCUT2D eigenvalue weighted by molar-refractivity contribution is -0.132. The van der Waals surface area contributed by atoms with Gasteiger partial charge >= 0.3 is 0 Å². The van der Waals surface area contributed by atoms with E-state index < -0.39 is 0 Å². The van der Waals surface area contributed by atoms with E-state index >= 15 is 0 Å². The molecular weight excluding hydrogens is 368 g/mol. The lowest BCUT2D eigenvalue weighted by Gasteiger charge is -2.58. The highest BCUT2D eigenvalue weighted by Gasteiger charge is 2.71. The van der Waals surface area contributed by atoms with Crippen LogP contribution in [-0.2, 0) is 14.9 Å². The van der Waals surface area contributed by atoms with Crippen LogP contribution >= 0.6 is 0 Å². The Bertz CT molecular complexity index is 974. The van der Waals surface area contributed by atoms with Gasteiger partial charge in [0.2, 0.25) is 5.91 Å². The number of hydrogen-bond donors (Lipinski definition) is 0. The molecule has 0 unspecified atom stereocenters. The molecule has 0 N–H and O–H groups in total. The van der Waals surface area contributed by atoms with Crippen molar-refractivity contribution in [2.24, 2.45) is 11.8 Å². The number of ether oxygens (including phenoxy) is 3. The third kappa shape index (κ3) is 1.76. The normalized spacial score (nSPS) is 41.0. The van der Waals surface area contributed by atoms with Crippen molar-refractivity contribution in [2.75, 3.05) is 38.8 Å². The molecule has 1 spiro atoms. The Kier molecular flexibility index (Phi) is 3.08. The number of anilines is 1. The molecule has 5 heterocycles. The zero-order valence-electron chi connectivity index (χ0n) is 16.9. The van der Waals surface area contributed by atoms with Crippen molar-refractivity contribution < 1.29 is 19.0 Å². The summed E-state index contributed by atoms with van der Waals surface area (Å²) in [7, 11) is 3.36. The second kappa shape index (κ2) is 5.35. The lowest BCUT2D eigenvalue weighted by atomic mass is 9.53. The number of amides is 1. The van der Waals surface area contributed by atoms with Crippen molar-refractivity contribution in [2.45, 2.75) is 42.9 Å². The Balaban J connectivity index is 1.52. The van der Waals surface area contributed by atoms with Crippen molar-refractivity contribution in [3.8, 4) is 11.5 Å².